The second-order valence-electron chi connectivity index (χ2n) is 7.01. The van der Waals surface area contributed by atoms with Gasteiger partial charge in [0.25, 0.3) is 0 Å². The van der Waals surface area contributed by atoms with Gasteiger partial charge >= 0.3 is 0 Å². The van der Waals surface area contributed by atoms with Gasteiger partial charge in [-0.15, -0.1) is 0 Å². The number of benzene rings is 1. The van der Waals surface area contributed by atoms with Crippen LogP contribution in [-0.4, -0.2) is 69.0 Å². The summed E-state index contributed by atoms with van der Waals surface area (Å²) in [6.07, 6.45) is 3.08. The first-order chi connectivity index (χ1) is 13.2. The summed E-state index contributed by atoms with van der Waals surface area (Å²) in [5.41, 5.74) is 1.16. The molecule has 0 bridgehead atoms. The van der Waals surface area contributed by atoms with Gasteiger partial charge in [0, 0.05) is 45.9 Å². The van der Waals surface area contributed by atoms with Crippen LogP contribution in [0.3, 0.4) is 0 Å². The lowest BCUT2D eigenvalue weighted by molar-refractivity contribution is 0.253. The molecule has 0 amide bonds. The minimum absolute atomic E-state index is 0.244. The third-order valence-corrected chi connectivity index (χ3v) is 5.07. The zero-order valence-corrected chi connectivity index (χ0v) is 17.2. The summed E-state index contributed by atoms with van der Waals surface area (Å²) in [4.78, 5) is 9.61. The average Bonchev–Trinajstić information content (AvgIpc) is 2.71. The third-order valence-electron chi connectivity index (χ3n) is 5.07. The molecular formula is C21H36N4O2. The SMILES string of the molecule is CCCC(CCO)CN=C(NCC)N1CCN(c2ccccc2OC)CC1. The maximum Gasteiger partial charge on any atom is 0.194 e. The number of methoxy groups -OCH3 is 1. The standard InChI is InChI=1S/C21H36N4O2/c1-4-8-18(11-16-26)17-23-21(22-5-2)25-14-12-24(13-15-25)19-9-6-7-10-20(19)27-3/h6-7,9-10,18,26H,4-5,8,11-17H2,1-3H3,(H,22,23). The molecule has 6 nitrogen and oxygen atoms in total. The summed E-state index contributed by atoms with van der Waals surface area (Å²) in [5, 5.41) is 12.7. The summed E-state index contributed by atoms with van der Waals surface area (Å²) in [6.45, 7) is 9.94. The van der Waals surface area contributed by atoms with Gasteiger partial charge < -0.3 is 25.0 Å². The lowest BCUT2D eigenvalue weighted by atomic mass is 10.0. The Kier molecular flexibility index (Phi) is 9.25. The van der Waals surface area contributed by atoms with Crippen LogP contribution >= 0.6 is 0 Å². The Hall–Kier alpha value is -1.95. The Morgan fingerprint density at radius 3 is 2.56 bits per heavy atom. The normalized spacial score (nSPS) is 16.4. The van der Waals surface area contributed by atoms with E-state index in [1.165, 1.54) is 0 Å². The first kappa shape index (κ1) is 21.4. The van der Waals surface area contributed by atoms with E-state index >= 15 is 0 Å². The second-order valence-corrected chi connectivity index (χ2v) is 7.01. The molecule has 0 spiro atoms. The number of hydrogen-bond donors (Lipinski definition) is 2. The van der Waals surface area contributed by atoms with Gasteiger partial charge in [-0.3, -0.25) is 4.99 Å². The van der Waals surface area contributed by atoms with Crippen molar-refractivity contribution in [2.45, 2.75) is 33.1 Å². The van der Waals surface area contributed by atoms with Crippen molar-refractivity contribution in [2.24, 2.45) is 10.9 Å². The molecule has 1 unspecified atom stereocenters. The van der Waals surface area contributed by atoms with Crippen molar-refractivity contribution in [3.63, 3.8) is 0 Å². The van der Waals surface area contributed by atoms with Crippen LogP contribution in [0.2, 0.25) is 0 Å². The van der Waals surface area contributed by atoms with E-state index in [0.717, 1.165) is 75.9 Å². The number of aliphatic hydroxyl groups excluding tert-OH is 1. The highest BCUT2D eigenvalue weighted by molar-refractivity contribution is 5.80. The molecule has 2 rings (SSSR count). The van der Waals surface area contributed by atoms with Crippen LogP contribution in [0.5, 0.6) is 5.75 Å². The molecule has 0 aliphatic carbocycles. The van der Waals surface area contributed by atoms with Crippen LogP contribution in [0.4, 0.5) is 5.69 Å². The fourth-order valence-electron chi connectivity index (χ4n) is 3.61. The number of rotatable bonds is 9. The van der Waals surface area contributed by atoms with Gasteiger partial charge in [0.1, 0.15) is 5.75 Å². The zero-order valence-electron chi connectivity index (χ0n) is 17.2. The number of guanidine groups is 1. The van der Waals surface area contributed by atoms with Gasteiger partial charge in [0.15, 0.2) is 5.96 Å². The summed E-state index contributed by atoms with van der Waals surface area (Å²) in [7, 11) is 1.73. The predicted molar refractivity (Wildman–Crippen MR) is 113 cm³/mol. The van der Waals surface area contributed by atoms with Crippen LogP contribution < -0.4 is 15.0 Å². The van der Waals surface area contributed by atoms with E-state index in [0.29, 0.717) is 5.92 Å². The largest absolute Gasteiger partial charge is 0.495 e. The zero-order chi connectivity index (χ0) is 19.5. The highest BCUT2D eigenvalue weighted by Crippen LogP contribution is 2.28. The van der Waals surface area contributed by atoms with E-state index in [9.17, 15) is 5.11 Å². The Morgan fingerprint density at radius 2 is 1.93 bits per heavy atom. The molecule has 152 valence electrons. The minimum Gasteiger partial charge on any atom is -0.495 e. The molecule has 1 aromatic rings. The Bertz CT molecular complexity index is 565. The molecule has 1 aliphatic rings. The number of hydrogen-bond acceptors (Lipinski definition) is 4. The maximum absolute atomic E-state index is 9.27. The van der Waals surface area contributed by atoms with Crippen LogP contribution in [0.15, 0.2) is 29.3 Å². The maximum atomic E-state index is 9.27. The van der Waals surface area contributed by atoms with Gasteiger partial charge in [-0.2, -0.15) is 0 Å². The van der Waals surface area contributed by atoms with Crippen molar-refractivity contribution >= 4 is 11.6 Å². The van der Waals surface area contributed by atoms with E-state index in [2.05, 4.69) is 41.1 Å². The van der Waals surface area contributed by atoms with Gasteiger partial charge in [-0.05, 0) is 37.8 Å². The van der Waals surface area contributed by atoms with Crippen molar-refractivity contribution in [1.82, 2.24) is 10.2 Å². The lowest BCUT2D eigenvalue weighted by Gasteiger charge is -2.38. The Balaban J connectivity index is 1.98. The van der Waals surface area contributed by atoms with E-state index in [1.807, 2.05) is 12.1 Å². The quantitative estimate of drug-likeness (QED) is 0.512. The molecule has 1 heterocycles. The fraction of sp³-hybridized carbons (Fsp3) is 0.667. The highest BCUT2D eigenvalue weighted by Gasteiger charge is 2.21. The van der Waals surface area contributed by atoms with E-state index in [-0.39, 0.29) is 6.61 Å². The number of para-hydroxylation sites is 2. The number of aliphatic hydroxyl groups is 1. The molecular weight excluding hydrogens is 340 g/mol. The van der Waals surface area contributed by atoms with Crippen LogP contribution in [0.25, 0.3) is 0 Å². The molecule has 1 fully saturated rings. The molecule has 27 heavy (non-hydrogen) atoms. The molecule has 2 N–H and O–H groups in total. The molecule has 6 heteroatoms. The van der Waals surface area contributed by atoms with Crippen LogP contribution in [0, 0.1) is 5.92 Å². The molecule has 0 saturated carbocycles. The van der Waals surface area contributed by atoms with Gasteiger partial charge in [-0.25, -0.2) is 0 Å². The molecule has 1 atom stereocenters. The molecule has 0 aromatic heterocycles. The van der Waals surface area contributed by atoms with Crippen molar-refractivity contribution in [1.29, 1.82) is 0 Å². The monoisotopic (exact) mass is 376 g/mol. The van der Waals surface area contributed by atoms with Crippen LogP contribution in [0.1, 0.15) is 33.1 Å². The van der Waals surface area contributed by atoms with Gasteiger partial charge in [-0.1, -0.05) is 25.5 Å². The smallest absolute Gasteiger partial charge is 0.194 e. The fourth-order valence-corrected chi connectivity index (χ4v) is 3.61. The summed E-state index contributed by atoms with van der Waals surface area (Å²) < 4.78 is 5.51. The Labute approximate surface area is 164 Å². The average molecular weight is 377 g/mol. The molecule has 0 radical (unpaired) electrons. The van der Waals surface area contributed by atoms with Gasteiger partial charge in [0.2, 0.25) is 0 Å². The number of nitrogens with zero attached hydrogens (tertiary/aromatic N) is 3. The summed E-state index contributed by atoms with van der Waals surface area (Å²) in [5.74, 6) is 2.39. The van der Waals surface area contributed by atoms with Crippen molar-refractivity contribution < 1.29 is 9.84 Å². The van der Waals surface area contributed by atoms with Crippen molar-refractivity contribution in [3.05, 3.63) is 24.3 Å². The van der Waals surface area contributed by atoms with Gasteiger partial charge in [0.05, 0.1) is 12.8 Å². The molecule has 1 saturated heterocycles. The molecule has 1 aromatic carbocycles. The second kappa shape index (κ2) is 11.7. The van der Waals surface area contributed by atoms with Crippen LogP contribution in [-0.2, 0) is 0 Å². The third kappa shape index (κ3) is 6.31. The lowest BCUT2D eigenvalue weighted by Crippen LogP contribution is -2.52. The number of anilines is 1. The molecule has 1 aliphatic heterocycles. The summed E-state index contributed by atoms with van der Waals surface area (Å²) in [6, 6.07) is 8.21. The number of piperazine rings is 1. The van der Waals surface area contributed by atoms with Crippen molar-refractivity contribution in [2.75, 3.05) is 57.9 Å². The number of ether oxygens (including phenoxy) is 1. The van der Waals surface area contributed by atoms with Crippen molar-refractivity contribution in [3.8, 4) is 5.75 Å². The topological polar surface area (TPSA) is 60.3 Å². The Morgan fingerprint density at radius 1 is 1.19 bits per heavy atom. The minimum atomic E-state index is 0.244. The first-order valence-electron chi connectivity index (χ1n) is 10.3. The highest BCUT2D eigenvalue weighted by atomic mass is 16.5. The van der Waals surface area contributed by atoms with E-state index < -0.39 is 0 Å². The number of nitrogens with one attached hydrogen (secondary N) is 1. The van der Waals surface area contributed by atoms with E-state index in [1.54, 1.807) is 7.11 Å². The first-order valence-corrected chi connectivity index (χ1v) is 10.3. The number of aliphatic imine (C=N–C) groups is 1. The summed E-state index contributed by atoms with van der Waals surface area (Å²) >= 11 is 0. The van der Waals surface area contributed by atoms with E-state index in [4.69, 9.17) is 9.73 Å². The predicted octanol–water partition coefficient (Wildman–Crippen LogP) is 2.58.